The molecule has 1 unspecified atom stereocenters. The molecule has 1 aromatic rings. The number of rotatable bonds is 4. The normalized spacial score (nSPS) is 24.5. The van der Waals surface area contributed by atoms with Gasteiger partial charge in [0.15, 0.2) is 0 Å². The highest BCUT2D eigenvalue weighted by Gasteiger charge is 2.24. The van der Waals surface area contributed by atoms with Crippen molar-refractivity contribution < 1.29 is 9.47 Å². The second-order valence-electron chi connectivity index (χ2n) is 6.31. The van der Waals surface area contributed by atoms with E-state index in [1.54, 1.807) is 16.8 Å². The molecule has 0 bridgehead atoms. The first-order valence-electron chi connectivity index (χ1n) is 8.17. The topological polar surface area (TPSA) is 56.6 Å². The zero-order chi connectivity index (χ0) is 15.4. The number of piperidine rings is 1. The van der Waals surface area contributed by atoms with E-state index in [9.17, 15) is 4.79 Å². The van der Waals surface area contributed by atoms with Gasteiger partial charge in [0, 0.05) is 19.2 Å². The van der Waals surface area contributed by atoms with Crippen LogP contribution < -0.4 is 5.56 Å². The minimum absolute atomic E-state index is 0.000726. The van der Waals surface area contributed by atoms with E-state index in [4.69, 9.17) is 9.47 Å². The maximum absolute atomic E-state index is 11.8. The van der Waals surface area contributed by atoms with Crippen LogP contribution in [0.2, 0.25) is 0 Å². The van der Waals surface area contributed by atoms with E-state index in [-0.39, 0.29) is 11.7 Å². The molecule has 1 atom stereocenters. The van der Waals surface area contributed by atoms with Gasteiger partial charge in [0.05, 0.1) is 31.6 Å². The first-order valence-corrected chi connectivity index (χ1v) is 8.17. The van der Waals surface area contributed by atoms with Gasteiger partial charge in [-0.05, 0) is 44.8 Å². The summed E-state index contributed by atoms with van der Waals surface area (Å²) in [6, 6.07) is 3.38. The van der Waals surface area contributed by atoms with Crippen LogP contribution in [0.25, 0.3) is 0 Å². The molecule has 0 spiro atoms. The minimum Gasteiger partial charge on any atom is -0.376 e. The lowest BCUT2D eigenvalue weighted by Gasteiger charge is -2.35. The Hall–Kier alpha value is -1.24. The predicted octanol–water partition coefficient (Wildman–Crippen LogP) is 0.679. The number of aryl methyl sites for hydroxylation is 1. The van der Waals surface area contributed by atoms with Crippen LogP contribution in [0.1, 0.15) is 18.5 Å². The highest BCUT2D eigenvalue weighted by atomic mass is 16.6. The third kappa shape index (κ3) is 4.15. The maximum atomic E-state index is 11.8. The van der Waals surface area contributed by atoms with E-state index < -0.39 is 0 Å². The molecule has 0 amide bonds. The Bertz CT molecular complexity index is 532. The number of ether oxygens (including phenoxy) is 2. The summed E-state index contributed by atoms with van der Waals surface area (Å²) in [5, 5.41) is 4.33. The first-order chi connectivity index (χ1) is 10.7. The van der Waals surface area contributed by atoms with Gasteiger partial charge in [-0.15, -0.1) is 0 Å². The van der Waals surface area contributed by atoms with E-state index in [1.165, 1.54) is 0 Å². The Labute approximate surface area is 131 Å². The van der Waals surface area contributed by atoms with Gasteiger partial charge >= 0.3 is 0 Å². The highest BCUT2D eigenvalue weighted by Crippen LogP contribution is 2.19. The van der Waals surface area contributed by atoms with Crippen molar-refractivity contribution in [2.75, 3.05) is 39.5 Å². The van der Waals surface area contributed by atoms with Crippen LogP contribution in [-0.4, -0.2) is 60.2 Å². The summed E-state index contributed by atoms with van der Waals surface area (Å²) in [5.74, 6) is 0.534. The molecule has 2 aliphatic rings. The third-order valence-corrected chi connectivity index (χ3v) is 4.49. The number of hydrogen-bond donors (Lipinski definition) is 0. The Morgan fingerprint density at radius 1 is 1.23 bits per heavy atom. The Balaban J connectivity index is 1.47. The van der Waals surface area contributed by atoms with Gasteiger partial charge in [0.1, 0.15) is 0 Å². The summed E-state index contributed by atoms with van der Waals surface area (Å²) in [4.78, 5) is 14.3. The fourth-order valence-corrected chi connectivity index (χ4v) is 3.21. The summed E-state index contributed by atoms with van der Waals surface area (Å²) in [5.41, 5.74) is 0.896. The van der Waals surface area contributed by atoms with Crippen LogP contribution in [-0.2, 0) is 16.0 Å². The van der Waals surface area contributed by atoms with E-state index in [2.05, 4.69) is 10.00 Å². The zero-order valence-corrected chi connectivity index (χ0v) is 13.2. The van der Waals surface area contributed by atoms with Crippen molar-refractivity contribution in [3.8, 4) is 0 Å². The predicted molar refractivity (Wildman–Crippen MR) is 83.0 cm³/mol. The number of likely N-dealkylation sites (tertiary alicyclic amines) is 1. The van der Waals surface area contributed by atoms with Crippen molar-refractivity contribution in [1.29, 1.82) is 0 Å². The molecular formula is C16H25N3O3. The van der Waals surface area contributed by atoms with E-state index in [1.807, 2.05) is 6.92 Å². The Kier molecular flexibility index (Phi) is 5.23. The average Bonchev–Trinajstić information content (AvgIpc) is 2.54. The Morgan fingerprint density at radius 2 is 2.05 bits per heavy atom. The first kappa shape index (κ1) is 15.6. The standard InChI is InChI=1S/C16H25N3O3/c1-13-2-3-16(20)19(17-13)10-14-4-6-18(7-5-14)11-15-12-21-8-9-22-15/h2-3,14-15H,4-12H2,1H3. The lowest BCUT2D eigenvalue weighted by atomic mass is 9.96. The molecule has 0 aromatic carbocycles. The molecule has 3 heterocycles. The maximum Gasteiger partial charge on any atom is 0.266 e. The van der Waals surface area contributed by atoms with Crippen molar-refractivity contribution in [2.45, 2.75) is 32.4 Å². The molecule has 1 aromatic heterocycles. The molecular weight excluding hydrogens is 282 g/mol. The third-order valence-electron chi connectivity index (χ3n) is 4.49. The van der Waals surface area contributed by atoms with Crippen molar-refractivity contribution in [2.24, 2.45) is 5.92 Å². The lowest BCUT2D eigenvalue weighted by molar-refractivity contribution is -0.0994. The van der Waals surface area contributed by atoms with Gasteiger partial charge in [-0.1, -0.05) is 0 Å². The minimum atomic E-state index is 0.000726. The fourth-order valence-electron chi connectivity index (χ4n) is 3.21. The molecule has 6 nitrogen and oxygen atoms in total. The van der Waals surface area contributed by atoms with Gasteiger partial charge < -0.3 is 14.4 Å². The van der Waals surface area contributed by atoms with E-state index in [0.29, 0.717) is 19.1 Å². The summed E-state index contributed by atoms with van der Waals surface area (Å²) in [6.07, 6.45) is 2.43. The molecule has 0 N–H and O–H groups in total. The molecule has 0 saturated carbocycles. The summed E-state index contributed by atoms with van der Waals surface area (Å²) < 4.78 is 12.8. The van der Waals surface area contributed by atoms with E-state index >= 15 is 0 Å². The molecule has 6 heteroatoms. The van der Waals surface area contributed by atoms with Crippen LogP contribution in [0.3, 0.4) is 0 Å². The Morgan fingerprint density at radius 3 is 2.77 bits per heavy atom. The molecule has 22 heavy (non-hydrogen) atoms. The summed E-state index contributed by atoms with van der Waals surface area (Å²) >= 11 is 0. The smallest absolute Gasteiger partial charge is 0.266 e. The van der Waals surface area contributed by atoms with E-state index in [0.717, 1.165) is 51.3 Å². The van der Waals surface area contributed by atoms with Gasteiger partial charge in [0.25, 0.3) is 5.56 Å². The van der Waals surface area contributed by atoms with Crippen molar-refractivity contribution >= 4 is 0 Å². The number of hydrogen-bond acceptors (Lipinski definition) is 5. The van der Waals surface area contributed by atoms with Crippen LogP contribution >= 0.6 is 0 Å². The summed E-state index contributed by atoms with van der Waals surface area (Å²) in [6.45, 7) is 7.87. The second-order valence-corrected chi connectivity index (χ2v) is 6.31. The monoisotopic (exact) mass is 307 g/mol. The molecule has 0 aliphatic carbocycles. The quantitative estimate of drug-likeness (QED) is 0.819. The molecule has 122 valence electrons. The molecule has 0 radical (unpaired) electrons. The van der Waals surface area contributed by atoms with Gasteiger partial charge in [-0.2, -0.15) is 5.10 Å². The number of nitrogens with zero attached hydrogens (tertiary/aromatic N) is 3. The van der Waals surface area contributed by atoms with Crippen molar-refractivity contribution in [1.82, 2.24) is 14.7 Å². The summed E-state index contributed by atoms with van der Waals surface area (Å²) in [7, 11) is 0. The highest BCUT2D eigenvalue weighted by molar-refractivity contribution is 4.97. The van der Waals surface area contributed by atoms with Gasteiger partial charge in [0.2, 0.25) is 0 Å². The molecule has 3 rings (SSSR count). The van der Waals surface area contributed by atoms with Crippen LogP contribution in [0.4, 0.5) is 0 Å². The van der Waals surface area contributed by atoms with Gasteiger partial charge in [-0.25, -0.2) is 4.68 Å². The largest absolute Gasteiger partial charge is 0.376 e. The number of aromatic nitrogens is 2. The van der Waals surface area contributed by atoms with Crippen LogP contribution in [0, 0.1) is 12.8 Å². The van der Waals surface area contributed by atoms with Crippen LogP contribution in [0.5, 0.6) is 0 Å². The van der Waals surface area contributed by atoms with Crippen molar-refractivity contribution in [3.63, 3.8) is 0 Å². The van der Waals surface area contributed by atoms with Crippen molar-refractivity contribution in [3.05, 3.63) is 28.2 Å². The lowest BCUT2D eigenvalue weighted by Crippen LogP contribution is -2.44. The van der Waals surface area contributed by atoms with Gasteiger partial charge in [-0.3, -0.25) is 4.79 Å². The fraction of sp³-hybridized carbons (Fsp3) is 0.750. The van der Waals surface area contributed by atoms with Crippen LogP contribution in [0.15, 0.2) is 16.9 Å². The average molecular weight is 307 g/mol. The molecule has 2 fully saturated rings. The second kappa shape index (κ2) is 7.35. The molecule has 2 saturated heterocycles. The zero-order valence-electron chi connectivity index (χ0n) is 13.2. The SMILES string of the molecule is Cc1ccc(=O)n(CC2CCN(CC3COCCO3)CC2)n1. The molecule has 2 aliphatic heterocycles.